The lowest BCUT2D eigenvalue weighted by molar-refractivity contribution is -0.139. The van der Waals surface area contributed by atoms with Crippen molar-refractivity contribution in [3.63, 3.8) is 0 Å². The SMILES string of the molecule is Cc1c(Cl)cccc1N(CC(=O)N(Cc1ccccc1)[C@@H](C)C(=O)NC1CCCCC1)S(C)(=O)=O. The Morgan fingerprint density at radius 3 is 2.34 bits per heavy atom. The minimum atomic E-state index is -3.80. The van der Waals surface area contributed by atoms with E-state index in [0.29, 0.717) is 16.3 Å². The summed E-state index contributed by atoms with van der Waals surface area (Å²) in [6.07, 6.45) is 6.25. The molecule has 9 heteroatoms. The molecule has 190 valence electrons. The zero-order valence-corrected chi connectivity index (χ0v) is 22.1. The standard InChI is InChI=1S/C26H34ClN3O4S/c1-19-23(27)15-10-16-24(19)30(35(3,33)34)18-25(31)29(17-21-11-6-4-7-12-21)20(2)26(32)28-22-13-8-5-9-14-22/h4,6-7,10-12,15-16,20,22H,5,8-9,13-14,17-18H2,1-3H3,(H,28,32)/t20-/m0/s1. The fourth-order valence-electron chi connectivity index (χ4n) is 4.39. The van der Waals surface area contributed by atoms with Crippen molar-refractivity contribution in [1.82, 2.24) is 10.2 Å². The van der Waals surface area contributed by atoms with Gasteiger partial charge in [0, 0.05) is 17.6 Å². The minimum absolute atomic E-state index is 0.106. The lowest BCUT2D eigenvalue weighted by Gasteiger charge is -2.33. The fraction of sp³-hybridized carbons (Fsp3) is 0.462. The Kier molecular flexibility index (Phi) is 9.19. The number of nitrogens with one attached hydrogen (secondary N) is 1. The van der Waals surface area contributed by atoms with Gasteiger partial charge in [-0.25, -0.2) is 8.42 Å². The smallest absolute Gasteiger partial charge is 0.244 e. The highest BCUT2D eigenvalue weighted by atomic mass is 35.5. The van der Waals surface area contributed by atoms with E-state index in [0.717, 1.165) is 41.8 Å². The number of rotatable bonds is 9. The zero-order valence-electron chi connectivity index (χ0n) is 20.5. The largest absolute Gasteiger partial charge is 0.352 e. The highest BCUT2D eigenvalue weighted by molar-refractivity contribution is 7.92. The molecule has 0 heterocycles. The van der Waals surface area contributed by atoms with Gasteiger partial charge in [0.05, 0.1) is 11.9 Å². The van der Waals surface area contributed by atoms with Crippen LogP contribution in [0.25, 0.3) is 0 Å². The molecule has 2 aromatic rings. The second-order valence-electron chi connectivity index (χ2n) is 9.18. The number of carbonyl (C=O) groups excluding carboxylic acids is 2. The molecule has 0 bridgehead atoms. The quantitative estimate of drug-likeness (QED) is 0.535. The molecule has 0 unspecified atom stereocenters. The molecule has 0 saturated heterocycles. The Balaban J connectivity index is 1.88. The molecule has 1 aliphatic rings. The lowest BCUT2D eigenvalue weighted by atomic mass is 9.95. The van der Waals surface area contributed by atoms with Gasteiger partial charge in [0.1, 0.15) is 12.6 Å². The maximum Gasteiger partial charge on any atom is 0.244 e. The summed E-state index contributed by atoms with van der Waals surface area (Å²) in [7, 11) is -3.80. The number of sulfonamides is 1. The van der Waals surface area contributed by atoms with Gasteiger partial charge in [-0.05, 0) is 49.9 Å². The first-order valence-corrected chi connectivity index (χ1v) is 14.2. The number of benzene rings is 2. The van der Waals surface area contributed by atoms with Crippen LogP contribution in [-0.4, -0.2) is 50.0 Å². The Hall–Kier alpha value is -2.58. The van der Waals surface area contributed by atoms with Crippen LogP contribution in [0.1, 0.15) is 50.2 Å². The number of carbonyl (C=O) groups is 2. The highest BCUT2D eigenvalue weighted by Crippen LogP contribution is 2.28. The van der Waals surface area contributed by atoms with Gasteiger partial charge in [-0.15, -0.1) is 0 Å². The molecule has 1 N–H and O–H groups in total. The molecule has 0 spiro atoms. The average molecular weight is 520 g/mol. The maximum absolute atomic E-state index is 13.6. The van der Waals surface area contributed by atoms with Crippen LogP contribution in [0.3, 0.4) is 0 Å². The first-order valence-electron chi connectivity index (χ1n) is 11.9. The summed E-state index contributed by atoms with van der Waals surface area (Å²) >= 11 is 6.23. The minimum Gasteiger partial charge on any atom is -0.352 e. The number of amides is 2. The van der Waals surface area contributed by atoms with Crippen molar-refractivity contribution < 1.29 is 18.0 Å². The summed E-state index contributed by atoms with van der Waals surface area (Å²) < 4.78 is 26.5. The van der Waals surface area contributed by atoms with Gasteiger partial charge < -0.3 is 10.2 Å². The van der Waals surface area contributed by atoms with E-state index in [-0.39, 0.29) is 18.5 Å². The number of anilines is 1. The second-order valence-corrected chi connectivity index (χ2v) is 11.5. The van der Waals surface area contributed by atoms with Crippen LogP contribution in [0.4, 0.5) is 5.69 Å². The predicted molar refractivity (Wildman–Crippen MR) is 140 cm³/mol. The van der Waals surface area contributed by atoms with Crippen LogP contribution < -0.4 is 9.62 Å². The molecule has 0 aromatic heterocycles. The molecule has 2 aromatic carbocycles. The second kappa shape index (κ2) is 11.9. The first-order chi connectivity index (χ1) is 16.6. The molecular formula is C26H34ClN3O4S. The number of hydrogen-bond acceptors (Lipinski definition) is 4. The Labute approximate surface area is 213 Å². The van der Waals surface area contributed by atoms with Crippen molar-refractivity contribution in [3.8, 4) is 0 Å². The van der Waals surface area contributed by atoms with Crippen LogP contribution in [0, 0.1) is 6.92 Å². The van der Waals surface area contributed by atoms with Gasteiger partial charge in [0.25, 0.3) is 0 Å². The van der Waals surface area contributed by atoms with Crippen LogP contribution in [-0.2, 0) is 26.2 Å². The molecule has 3 rings (SSSR count). The Bertz CT molecular complexity index is 1130. The monoisotopic (exact) mass is 519 g/mol. The van der Waals surface area contributed by atoms with Crippen LogP contribution >= 0.6 is 11.6 Å². The Morgan fingerprint density at radius 1 is 1.06 bits per heavy atom. The summed E-state index contributed by atoms with van der Waals surface area (Å²) in [4.78, 5) is 28.2. The summed E-state index contributed by atoms with van der Waals surface area (Å²) in [6.45, 7) is 3.15. The Morgan fingerprint density at radius 2 is 1.71 bits per heavy atom. The van der Waals surface area contributed by atoms with E-state index in [4.69, 9.17) is 11.6 Å². The van der Waals surface area contributed by atoms with E-state index in [2.05, 4.69) is 5.32 Å². The van der Waals surface area contributed by atoms with E-state index >= 15 is 0 Å². The molecule has 0 aliphatic heterocycles. The summed E-state index contributed by atoms with van der Waals surface area (Å²) in [5.74, 6) is -0.698. The summed E-state index contributed by atoms with van der Waals surface area (Å²) in [5, 5.41) is 3.50. The van der Waals surface area contributed by atoms with E-state index in [9.17, 15) is 18.0 Å². The van der Waals surface area contributed by atoms with Crippen molar-refractivity contribution in [3.05, 3.63) is 64.7 Å². The molecule has 0 radical (unpaired) electrons. The molecule has 1 fully saturated rings. The van der Waals surface area contributed by atoms with E-state index in [1.165, 1.54) is 11.3 Å². The fourth-order valence-corrected chi connectivity index (χ4v) is 5.46. The van der Waals surface area contributed by atoms with Gasteiger partial charge in [0.15, 0.2) is 0 Å². The average Bonchev–Trinajstić information content (AvgIpc) is 2.83. The van der Waals surface area contributed by atoms with E-state index in [1.807, 2.05) is 30.3 Å². The van der Waals surface area contributed by atoms with Gasteiger partial charge >= 0.3 is 0 Å². The molecule has 2 amide bonds. The maximum atomic E-state index is 13.6. The number of nitrogens with zero attached hydrogens (tertiary/aromatic N) is 2. The topological polar surface area (TPSA) is 86.8 Å². The molecule has 1 atom stereocenters. The van der Waals surface area contributed by atoms with Crippen molar-refractivity contribution >= 4 is 39.1 Å². The molecule has 7 nitrogen and oxygen atoms in total. The zero-order chi connectivity index (χ0) is 25.6. The van der Waals surface area contributed by atoms with Crippen molar-refractivity contribution in [2.24, 2.45) is 0 Å². The van der Waals surface area contributed by atoms with Crippen molar-refractivity contribution in [1.29, 1.82) is 0 Å². The highest BCUT2D eigenvalue weighted by Gasteiger charge is 2.31. The van der Waals surface area contributed by atoms with Crippen LogP contribution in [0.15, 0.2) is 48.5 Å². The number of halogens is 1. The molecule has 1 saturated carbocycles. The van der Waals surface area contributed by atoms with Crippen LogP contribution in [0.2, 0.25) is 5.02 Å². The van der Waals surface area contributed by atoms with Crippen molar-refractivity contribution in [2.45, 2.75) is 64.6 Å². The lowest BCUT2D eigenvalue weighted by Crippen LogP contribution is -2.53. The summed E-state index contributed by atoms with van der Waals surface area (Å²) in [5.41, 5.74) is 1.75. The van der Waals surface area contributed by atoms with Gasteiger partial charge in [-0.2, -0.15) is 0 Å². The third-order valence-electron chi connectivity index (χ3n) is 6.50. The van der Waals surface area contributed by atoms with Crippen LogP contribution in [0.5, 0.6) is 0 Å². The number of hydrogen-bond donors (Lipinski definition) is 1. The van der Waals surface area contributed by atoms with Gasteiger partial charge in [0.2, 0.25) is 21.8 Å². The summed E-state index contributed by atoms with van der Waals surface area (Å²) in [6, 6.07) is 13.6. The third kappa shape index (κ3) is 7.21. The van der Waals surface area contributed by atoms with Crippen molar-refractivity contribution in [2.75, 3.05) is 17.1 Å². The van der Waals surface area contributed by atoms with Gasteiger partial charge in [-0.1, -0.05) is 67.3 Å². The molecule has 35 heavy (non-hydrogen) atoms. The molecule has 1 aliphatic carbocycles. The molecular weight excluding hydrogens is 486 g/mol. The normalized spacial score (nSPS) is 15.3. The van der Waals surface area contributed by atoms with Gasteiger partial charge in [-0.3, -0.25) is 13.9 Å². The predicted octanol–water partition coefficient (Wildman–Crippen LogP) is 4.28. The first kappa shape index (κ1) is 27.0. The third-order valence-corrected chi connectivity index (χ3v) is 8.04. The van der Waals surface area contributed by atoms with E-state index in [1.54, 1.807) is 32.0 Å². The van der Waals surface area contributed by atoms with E-state index < -0.39 is 28.5 Å².